The van der Waals surface area contributed by atoms with E-state index in [4.69, 9.17) is 10.5 Å². The lowest BCUT2D eigenvalue weighted by Gasteiger charge is -2.23. The van der Waals surface area contributed by atoms with Crippen molar-refractivity contribution in [3.8, 4) is 5.75 Å². The fourth-order valence-corrected chi connectivity index (χ4v) is 3.93. The molecule has 0 bridgehead atoms. The molecule has 0 unspecified atom stereocenters. The van der Waals surface area contributed by atoms with Crippen LogP contribution in [0.1, 0.15) is 12.0 Å². The van der Waals surface area contributed by atoms with Crippen LogP contribution in [-0.2, 0) is 16.6 Å². The second kappa shape index (κ2) is 8.10. The summed E-state index contributed by atoms with van der Waals surface area (Å²) in [6, 6.07) is 16.2. The van der Waals surface area contributed by atoms with Crippen molar-refractivity contribution in [2.24, 2.45) is 5.73 Å². The lowest BCUT2D eigenvalue weighted by Crippen LogP contribution is -2.32. The summed E-state index contributed by atoms with van der Waals surface area (Å²) < 4.78 is 32.7. The maximum absolute atomic E-state index is 13.0. The number of nitrogens with two attached hydrogens (primary N) is 1. The molecular formula is C17H22N2O3S. The highest BCUT2D eigenvalue weighted by Gasteiger charge is 2.27. The van der Waals surface area contributed by atoms with Crippen LogP contribution in [0.5, 0.6) is 5.75 Å². The van der Waals surface area contributed by atoms with Crippen LogP contribution in [0.4, 0.5) is 0 Å². The van der Waals surface area contributed by atoms with Crippen LogP contribution in [0.15, 0.2) is 59.5 Å². The topological polar surface area (TPSA) is 72.6 Å². The lowest BCUT2D eigenvalue weighted by molar-refractivity contribution is 0.383. The second-order valence-corrected chi connectivity index (χ2v) is 7.02. The zero-order valence-corrected chi connectivity index (χ0v) is 14.0. The molecular weight excluding hydrogens is 312 g/mol. The highest BCUT2D eigenvalue weighted by molar-refractivity contribution is 7.89. The predicted octanol–water partition coefficient (Wildman–Crippen LogP) is 2.23. The van der Waals surface area contributed by atoms with Gasteiger partial charge in [-0.05, 0) is 30.7 Å². The van der Waals surface area contributed by atoms with Gasteiger partial charge in [-0.1, -0.05) is 42.5 Å². The van der Waals surface area contributed by atoms with E-state index in [1.807, 2.05) is 30.3 Å². The Bertz CT molecular complexity index is 718. The van der Waals surface area contributed by atoms with E-state index in [-0.39, 0.29) is 4.90 Å². The van der Waals surface area contributed by atoms with Crippen LogP contribution in [0, 0.1) is 0 Å². The second-order valence-electron chi connectivity index (χ2n) is 5.12. The summed E-state index contributed by atoms with van der Waals surface area (Å²) in [5.41, 5.74) is 6.50. The number of methoxy groups -OCH3 is 1. The summed E-state index contributed by atoms with van der Waals surface area (Å²) in [5.74, 6) is 0.346. The van der Waals surface area contributed by atoms with Gasteiger partial charge in [0.15, 0.2) is 0 Å². The monoisotopic (exact) mass is 334 g/mol. The first-order valence-electron chi connectivity index (χ1n) is 7.46. The SMILES string of the molecule is COc1ccccc1S(=O)(=O)N(CCCN)Cc1ccccc1. The Kier molecular flexibility index (Phi) is 6.15. The first-order valence-corrected chi connectivity index (χ1v) is 8.90. The molecule has 0 radical (unpaired) electrons. The molecule has 0 fully saturated rings. The van der Waals surface area contributed by atoms with Crippen LogP contribution in [0.2, 0.25) is 0 Å². The minimum atomic E-state index is -3.66. The van der Waals surface area contributed by atoms with Gasteiger partial charge in [0, 0.05) is 13.1 Å². The number of ether oxygens (including phenoxy) is 1. The minimum absolute atomic E-state index is 0.176. The van der Waals surface area contributed by atoms with E-state index < -0.39 is 10.0 Å². The van der Waals surface area contributed by atoms with Crippen molar-refractivity contribution in [2.75, 3.05) is 20.2 Å². The summed E-state index contributed by atoms with van der Waals surface area (Å²) in [6.45, 7) is 1.11. The van der Waals surface area contributed by atoms with Crippen molar-refractivity contribution in [3.63, 3.8) is 0 Å². The maximum atomic E-state index is 13.0. The number of hydrogen-bond donors (Lipinski definition) is 1. The molecule has 5 nitrogen and oxygen atoms in total. The van der Waals surface area contributed by atoms with Crippen LogP contribution >= 0.6 is 0 Å². The van der Waals surface area contributed by atoms with E-state index in [1.54, 1.807) is 24.3 Å². The largest absolute Gasteiger partial charge is 0.495 e. The molecule has 0 saturated carbocycles. The average molecular weight is 334 g/mol. The third-order valence-corrected chi connectivity index (χ3v) is 5.38. The van der Waals surface area contributed by atoms with Crippen LogP contribution in [0.25, 0.3) is 0 Å². The summed E-state index contributed by atoms with van der Waals surface area (Å²) >= 11 is 0. The van der Waals surface area contributed by atoms with Gasteiger partial charge in [-0.25, -0.2) is 8.42 Å². The summed E-state index contributed by atoms with van der Waals surface area (Å²) in [5, 5.41) is 0. The molecule has 0 aliphatic carbocycles. The lowest BCUT2D eigenvalue weighted by atomic mass is 10.2. The molecule has 0 heterocycles. The Morgan fingerprint density at radius 2 is 1.70 bits per heavy atom. The molecule has 0 aromatic heterocycles. The molecule has 0 aliphatic heterocycles. The number of hydrogen-bond acceptors (Lipinski definition) is 4. The van der Waals surface area contributed by atoms with Crippen molar-refractivity contribution in [3.05, 3.63) is 60.2 Å². The molecule has 0 saturated heterocycles. The quantitative estimate of drug-likeness (QED) is 0.803. The van der Waals surface area contributed by atoms with Crippen molar-refractivity contribution < 1.29 is 13.2 Å². The fourth-order valence-electron chi connectivity index (χ4n) is 2.31. The number of benzene rings is 2. The van der Waals surface area contributed by atoms with Crippen molar-refractivity contribution >= 4 is 10.0 Å². The number of nitrogens with zero attached hydrogens (tertiary/aromatic N) is 1. The van der Waals surface area contributed by atoms with Gasteiger partial charge < -0.3 is 10.5 Å². The molecule has 124 valence electrons. The maximum Gasteiger partial charge on any atom is 0.247 e. The van der Waals surface area contributed by atoms with E-state index in [2.05, 4.69) is 0 Å². The van der Waals surface area contributed by atoms with Crippen LogP contribution in [-0.4, -0.2) is 32.9 Å². The predicted molar refractivity (Wildman–Crippen MR) is 90.7 cm³/mol. The number of sulfonamides is 1. The molecule has 2 N–H and O–H groups in total. The van der Waals surface area contributed by atoms with E-state index in [0.717, 1.165) is 5.56 Å². The molecule has 2 rings (SSSR count). The average Bonchev–Trinajstić information content (AvgIpc) is 2.59. The van der Waals surface area contributed by atoms with Gasteiger partial charge in [-0.2, -0.15) is 4.31 Å². The van der Waals surface area contributed by atoms with Gasteiger partial charge in [0.2, 0.25) is 10.0 Å². The van der Waals surface area contributed by atoms with Gasteiger partial charge in [0.05, 0.1) is 7.11 Å². The highest BCUT2D eigenvalue weighted by Crippen LogP contribution is 2.27. The summed E-state index contributed by atoms with van der Waals surface area (Å²) in [4.78, 5) is 0.176. The summed E-state index contributed by atoms with van der Waals surface area (Å²) in [7, 11) is -2.19. The molecule has 0 aliphatic rings. The van der Waals surface area contributed by atoms with Gasteiger partial charge >= 0.3 is 0 Å². The zero-order chi connectivity index (χ0) is 16.7. The minimum Gasteiger partial charge on any atom is -0.495 e. The third-order valence-electron chi connectivity index (χ3n) is 3.50. The van der Waals surface area contributed by atoms with Crippen molar-refractivity contribution in [1.29, 1.82) is 0 Å². The Balaban J connectivity index is 2.36. The normalized spacial score (nSPS) is 11.6. The van der Waals surface area contributed by atoms with Gasteiger partial charge in [0.1, 0.15) is 10.6 Å². The fraction of sp³-hybridized carbons (Fsp3) is 0.294. The molecule has 6 heteroatoms. The highest BCUT2D eigenvalue weighted by atomic mass is 32.2. The molecule has 0 amide bonds. The zero-order valence-electron chi connectivity index (χ0n) is 13.2. The van der Waals surface area contributed by atoms with Crippen molar-refractivity contribution in [2.45, 2.75) is 17.9 Å². The van der Waals surface area contributed by atoms with Gasteiger partial charge in [0.25, 0.3) is 0 Å². The Morgan fingerprint density at radius 3 is 2.35 bits per heavy atom. The Morgan fingerprint density at radius 1 is 1.04 bits per heavy atom. The Labute approximate surface area is 137 Å². The number of rotatable bonds is 8. The van der Waals surface area contributed by atoms with Crippen LogP contribution in [0.3, 0.4) is 0 Å². The molecule has 2 aromatic carbocycles. The van der Waals surface area contributed by atoms with E-state index >= 15 is 0 Å². The molecule has 0 atom stereocenters. The molecule has 0 spiro atoms. The van der Waals surface area contributed by atoms with E-state index in [0.29, 0.717) is 31.8 Å². The van der Waals surface area contributed by atoms with E-state index in [1.165, 1.54) is 11.4 Å². The first-order chi connectivity index (χ1) is 11.1. The van der Waals surface area contributed by atoms with Crippen molar-refractivity contribution in [1.82, 2.24) is 4.31 Å². The smallest absolute Gasteiger partial charge is 0.247 e. The van der Waals surface area contributed by atoms with Gasteiger partial charge in [-0.15, -0.1) is 0 Å². The molecule has 2 aromatic rings. The summed E-state index contributed by atoms with van der Waals surface area (Å²) in [6.07, 6.45) is 0.598. The Hall–Kier alpha value is -1.89. The van der Waals surface area contributed by atoms with E-state index in [9.17, 15) is 8.42 Å². The number of para-hydroxylation sites is 1. The third kappa shape index (κ3) is 4.31. The standard InChI is InChI=1S/C17H22N2O3S/c1-22-16-10-5-6-11-17(16)23(20,21)19(13-7-12-18)14-15-8-3-2-4-9-15/h2-6,8-11H,7,12-14,18H2,1H3. The van der Waals surface area contributed by atoms with Crippen LogP contribution < -0.4 is 10.5 Å². The molecule has 23 heavy (non-hydrogen) atoms. The first kappa shape index (κ1) is 17.5. The van der Waals surface area contributed by atoms with Gasteiger partial charge in [-0.3, -0.25) is 0 Å².